The standard InChI is InChI=1S/C21H22ClN3O4S2/c1-12-10-25(11-13(2)29-12)31(27,28)16-6-4-15(5-7-16)20(26)24-21-23-19-14(3)17(22)8-9-18(19)30-21/h4-9,12-13H,10-11H2,1-3H3,(H,23,24,26). The molecule has 2 unspecified atom stereocenters. The van der Waals surface area contributed by atoms with Crippen LogP contribution in [0.3, 0.4) is 0 Å². The van der Waals surface area contributed by atoms with Crippen LogP contribution in [-0.4, -0.2) is 48.9 Å². The first-order valence-electron chi connectivity index (χ1n) is 9.78. The SMILES string of the molecule is Cc1c(Cl)ccc2sc(NC(=O)c3ccc(S(=O)(=O)N4CC(C)OC(C)C4)cc3)nc12. The first-order valence-corrected chi connectivity index (χ1v) is 12.4. The predicted octanol–water partition coefficient (Wildman–Crippen LogP) is 4.31. The lowest BCUT2D eigenvalue weighted by Gasteiger charge is -2.34. The van der Waals surface area contributed by atoms with Crippen LogP contribution in [0.4, 0.5) is 5.13 Å². The summed E-state index contributed by atoms with van der Waals surface area (Å²) in [5.41, 5.74) is 1.96. The van der Waals surface area contributed by atoms with Crippen LogP contribution in [-0.2, 0) is 14.8 Å². The van der Waals surface area contributed by atoms with Crippen molar-refractivity contribution in [2.75, 3.05) is 18.4 Å². The van der Waals surface area contributed by atoms with Gasteiger partial charge in [-0.05, 0) is 62.7 Å². The Balaban J connectivity index is 1.51. The summed E-state index contributed by atoms with van der Waals surface area (Å²) in [6.07, 6.45) is -0.341. The number of halogens is 1. The fourth-order valence-electron chi connectivity index (χ4n) is 3.58. The van der Waals surface area contributed by atoms with Gasteiger partial charge >= 0.3 is 0 Å². The zero-order valence-electron chi connectivity index (χ0n) is 17.3. The molecule has 31 heavy (non-hydrogen) atoms. The number of carbonyl (C=O) groups is 1. The van der Waals surface area contributed by atoms with Crippen LogP contribution in [0.15, 0.2) is 41.3 Å². The minimum atomic E-state index is -3.66. The number of amides is 1. The van der Waals surface area contributed by atoms with Crippen molar-refractivity contribution in [3.05, 3.63) is 52.5 Å². The molecule has 0 aliphatic carbocycles. The Morgan fingerprint density at radius 3 is 2.45 bits per heavy atom. The van der Waals surface area contributed by atoms with Gasteiger partial charge < -0.3 is 4.74 Å². The van der Waals surface area contributed by atoms with Gasteiger partial charge in [0.05, 0.1) is 27.3 Å². The number of hydrogen-bond acceptors (Lipinski definition) is 6. The lowest BCUT2D eigenvalue weighted by molar-refractivity contribution is -0.0440. The number of anilines is 1. The largest absolute Gasteiger partial charge is 0.373 e. The maximum absolute atomic E-state index is 13.0. The number of ether oxygens (including phenoxy) is 1. The summed E-state index contributed by atoms with van der Waals surface area (Å²) in [7, 11) is -3.66. The maximum atomic E-state index is 13.0. The van der Waals surface area contributed by atoms with Crippen LogP contribution in [0, 0.1) is 6.92 Å². The molecule has 7 nitrogen and oxygen atoms in total. The number of thiazole rings is 1. The number of nitrogens with one attached hydrogen (secondary N) is 1. The fraction of sp³-hybridized carbons (Fsp3) is 0.333. The number of morpholine rings is 1. The third-order valence-corrected chi connectivity index (χ3v) is 8.30. The van der Waals surface area contributed by atoms with Gasteiger partial charge in [-0.15, -0.1) is 0 Å². The quantitative estimate of drug-likeness (QED) is 0.602. The molecule has 1 aliphatic rings. The zero-order valence-corrected chi connectivity index (χ0v) is 19.6. The zero-order chi connectivity index (χ0) is 22.3. The van der Waals surface area contributed by atoms with Gasteiger partial charge in [-0.25, -0.2) is 13.4 Å². The van der Waals surface area contributed by atoms with Gasteiger partial charge in [0.25, 0.3) is 5.91 Å². The monoisotopic (exact) mass is 479 g/mol. The van der Waals surface area contributed by atoms with Gasteiger partial charge in [-0.1, -0.05) is 22.9 Å². The van der Waals surface area contributed by atoms with E-state index in [1.54, 1.807) is 6.07 Å². The Morgan fingerprint density at radius 2 is 1.81 bits per heavy atom. The molecule has 164 valence electrons. The lowest BCUT2D eigenvalue weighted by atomic mass is 10.2. The Bertz CT molecular complexity index is 1230. The van der Waals surface area contributed by atoms with E-state index in [0.717, 1.165) is 15.8 Å². The van der Waals surface area contributed by atoms with Crippen LogP contribution in [0.25, 0.3) is 10.2 Å². The van der Waals surface area contributed by atoms with Crippen molar-refractivity contribution in [3.8, 4) is 0 Å². The van der Waals surface area contributed by atoms with Gasteiger partial charge in [0, 0.05) is 23.7 Å². The minimum absolute atomic E-state index is 0.149. The number of nitrogens with zero attached hydrogens (tertiary/aromatic N) is 2. The Labute approximate surface area is 190 Å². The number of benzene rings is 2. The second-order valence-electron chi connectivity index (χ2n) is 7.60. The number of aryl methyl sites for hydroxylation is 1. The lowest BCUT2D eigenvalue weighted by Crippen LogP contribution is -2.48. The van der Waals surface area contributed by atoms with Crippen molar-refractivity contribution < 1.29 is 17.9 Å². The van der Waals surface area contributed by atoms with E-state index in [4.69, 9.17) is 16.3 Å². The molecule has 0 bridgehead atoms. The molecule has 1 saturated heterocycles. The second-order valence-corrected chi connectivity index (χ2v) is 11.0. The van der Waals surface area contributed by atoms with Crippen molar-refractivity contribution in [3.63, 3.8) is 0 Å². The van der Waals surface area contributed by atoms with E-state index in [0.29, 0.717) is 28.8 Å². The van der Waals surface area contributed by atoms with E-state index in [-0.39, 0.29) is 23.0 Å². The van der Waals surface area contributed by atoms with Gasteiger partial charge in [-0.2, -0.15) is 4.31 Å². The highest BCUT2D eigenvalue weighted by Gasteiger charge is 2.32. The molecular weight excluding hydrogens is 458 g/mol. The molecule has 1 fully saturated rings. The van der Waals surface area contributed by atoms with Gasteiger partial charge in [0.15, 0.2) is 5.13 Å². The van der Waals surface area contributed by atoms with Crippen LogP contribution in [0.5, 0.6) is 0 Å². The molecule has 0 spiro atoms. The molecule has 3 aromatic rings. The molecule has 0 radical (unpaired) electrons. The highest BCUT2D eigenvalue weighted by molar-refractivity contribution is 7.89. The molecule has 1 aliphatic heterocycles. The number of hydrogen-bond donors (Lipinski definition) is 1. The first kappa shape index (κ1) is 22.2. The Kier molecular flexibility index (Phi) is 6.06. The Hall–Kier alpha value is -2.04. The van der Waals surface area contributed by atoms with E-state index in [9.17, 15) is 13.2 Å². The Morgan fingerprint density at radius 1 is 1.16 bits per heavy atom. The van der Waals surface area contributed by atoms with Crippen LogP contribution in [0.1, 0.15) is 29.8 Å². The normalized spacial score (nSPS) is 20.1. The molecular formula is C21H22ClN3O4S2. The molecule has 2 atom stereocenters. The number of carbonyl (C=O) groups excluding carboxylic acids is 1. The maximum Gasteiger partial charge on any atom is 0.257 e. The van der Waals surface area contributed by atoms with Crippen LogP contribution >= 0.6 is 22.9 Å². The highest BCUT2D eigenvalue weighted by atomic mass is 35.5. The number of fused-ring (bicyclic) bond motifs is 1. The summed E-state index contributed by atoms with van der Waals surface area (Å²) >= 11 is 7.49. The second kappa shape index (κ2) is 8.48. The average Bonchev–Trinajstić information content (AvgIpc) is 3.13. The molecule has 0 saturated carbocycles. The molecule has 10 heteroatoms. The van der Waals surface area contributed by atoms with E-state index >= 15 is 0 Å². The summed E-state index contributed by atoms with van der Waals surface area (Å²) in [5.74, 6) is -0.361. The fourth-order valence-corrected chi connectivity index (χ4v) is 6.24. The highest BCUT2D eigenvalue weighted by Crippen LogP contribution is 2.32. The van der Waals surface area contributed by atoms with Crippen LogP contribution in [0.2, 0.25) is 5.02 Å². The van der Waals surface area contributed by atoms with Gasteiger partial charge in [0.1, 0.15) is 0 Å². The summed E-state index contributed by atoms with van der Waals surface area (Å²) in [6, 6.07) is 9.59. The van der Waals surface area contributed by atoms with Gasteiger partial charge in [0.2, 0.25) is 10.0 Å². The number of sulfonamides is 1. The third kappa shape index (κ3) is 4.47. The molecule has 1 amide bonds. The summed E-state index contributed by atoms with van der Waals surface area (Å²) in [4.78, 5) is 17.3. The smallest absolute Gasteiger partial charge is 0.257 e. The topological polar surface area (TPSA) is 88.6 Å². The van der Waals surface area contributed by atoms with Crippen molar-refractivity contribution >= 4 is 54.2 Å². The van der Waals surface area contributed by atoms with Crippen molar-refractivity contribution in [1.82, 2.24) is 9.29 Å². The van der Waals surface area contributed by atoms with E-state index < -0.39 is 10.0 Å². The van der Waals surface area contributed by atoms with E-state index in [2.05, 4.69) is 10.3 Å². The molecule has 1 aromatic heterocycles. The first-order chi connectivity index (χ1) is 14.6. The molecule has 1 N–H and O–H groups in total. The average molecular weight is 480 g/mol. The van der Waals surface area contributed by atoms with Crippen molar-refractivity contribution in [1.29, 1.82) is 0 Å². The van der Waals surface area contributed by atoms with E-state index in [1.165, 1.54) is 39.9 Å². The molecule has 2 aromatic carbocycles. The summed E-state index contributed by atoms with van der Waals surface area (Å²) in [6.45, 7) is 6.18. The molecule has 2 heterocycles. The third-order valence-electron chi connectivity index (χ3n) is 5.11. The summed E-state index contributed by atoms with van der Waals surface area (Å²) in [5, 5.41) is 3.86. The van der Waals surface area contributed by atoms with E-state index in [1.807, 2.05) is 26.8 Å². The molecule has 4 rings (SSSR count). The van der Waals surface area contributed by atoms with Crippen LogP contribution < -0.4 is 5.32 Å². The van der Waals surface area contributed by atoms with Crippen molar-refractivity contribution in [2.45, 2.75) is 37.9 Å². The number of rotatable bonds is 4. The summed E-state index contributed by atoms with van der Waals surface area (Å²) < 4.78 is 33.9. The minimum Gasteiger partial charge on any atom is -0.373 e. The number of aromatic nitrogens is 1. The van der Waals surface area contributed by atoms with Gasteiger partial charge in [-0.3, -0.25) is 10.1 Å². The van der Waals surface area contributed by atoms with Crippen molar-refractivity contribution in [2.24, 2.45) is 0 Å². The predicted molar refractivity (Wildman–Crippen MR) is 123 cm³/mol.